The van der Waals surface area contributed by atoms with Gasteiger partial charge in [-0.25, -0.2) is 9.97 Å². The Morgan fingerprint density at radius 3 is 2.81 bits per heavy atom. The zero-order valence-corrected chi connectivity index (χ0v) is 18.0. The summed E-state index contributed by atoms with van der Waals surface area (Å²) in [5, 5.41) is 3.94. The summed E-state index contributed by atoms with van der Waals surface area (Å²) in [5.41, 5.74) is 9.74. The summed E-state index contributed by atoms with van der Waals surface area (Å²) in [6, 6.07) is 8.19. The molecule has 4 N–H and O–H groups in total. The summed E-state index contributed by atoms with van der Waals surface area (Å²) < 4.78 is 5.47. The number of hydrogen-bond donors (Lipinski definition) is 3. The molecule has 2 fully saturated rings. The Morgan fingerprint density at radius 1 is 1.25 bits per heavy atom. The van der Waals surface area contributed by atoms with E-state index in [2.05, 4.69) is 44.5 Å². The number of carbonyl (C=O) groups is 1. The van der Waals surface area contributed by atoms with Gasteiger partial charge in [0.05, 0.1) is 36.0 Å². The highest BCUT2D eigenvalue weighted by Gasteiger charge is 2.54. The molecule has 2 aromatic heterocycles. The van der Waals surface area contributed by atoms with E-state index in [1.807, 2.05) is 12.1 Å². The third-order valence-corrected chi connectivity index (χ3v) is 7.11. The van der Waals surface area contributed by atoms with E-state index >= 15 is 0 Å². The maximum absolute atomic E-state index is 11.9. The summed E-state index contributed by atoms with van der Waals surface area (Å²) in [5.74, 6) is 0.701. The Kier molecular flexibility index (Phi) is 4.58. The molecule has 0 spiro atoms. The van der Waals surface area contributed by atoms with Crippen LogP contribution in [0.25, 0.3) is 22.6 Å². The predicted molar refractivity (Wildman–Crippen MR) is 124 cm³/mol. The van der Waals surface area contributed by atoms with Crippen molar-refractivity contribution in [1.29, 1.82) is 0 Å². The quantitative estimate of drug-likeness (QED) is 0.516. The van der Waals surface area contributed by atoms with E-state index < -0.39 is 0 Å². The van der Waals surface area contributed by atoms with Crippen LogP contribution in [0.5, 0.6) is 0 Å². The third-order valence-electron chi connectivity index (χ3n) is 6.83. The maximum atomic E-state index is 11.9. The third kappa shape index (κ3) is 3.05. The smallest absolute Gasteiger partial charge is 0.223 e. The average Bonchev–Trinajstić information content (AvgIpc) is 3.23. The van der Waals surface area contributed by atoms with Crippen LogP contribution in [-0.2, 0) is 9.53 Å². The number of anilines is 2. The lowest BCUT2D eigenvalue weighted by Gasteiger charge is -2.53. The Morgan fingerprint density at radius 2 is 2.06 bits per heavy atom. The van der Waals surface area contributed by atoms with Gasteiger partial charge in [0.25, 0.3) is 0 Å². The van der Waals surface area contributed by atoms with Crippen molar-refractivity contribution >= 4 is 40.0 Å². The Balaban J connectivity index is 1.34. The van der Waals surface area contributed by atoms with Crippen LogP contribution in [0.4, 0.5) is 11.4 Å². The number of ether oxygens (including phenoxy) is 1. The van der Waals surface area contributed by atoms with Crippen molar-refractivity contribution in [2.24, 2.45) is 23.5 Å². The van der Waals surface area contributed by atoms with Crippen LogP contribution in [0.2, 0.25) is 5.02 Å². The standard InChI is InChI=1S/C23H23ClN6O2/c24-16-11-26-23-20(19(16)27-18-15-5-4-14(15)17(18)21(25)31)28-22(29-23)12-2-1-3-13(10-12)30-6-8-32-9-7-30/h1-5,10-11,14-15,17-18H,6-9H2,(H2,25,31)(H2,26,27,28,29)/t14?,15-,17-,18+/m0/s1. The minimum atomic E-state index is -0.292. The molecule has 3 aromatic rings. The van der Waals surface area contributed by atoms with Crippen LogP contribution < -0.4 is 16.0 Å². The van der Waals surface area contributed by atoms with Crippen molar-refractivity contribution in [1.82, 2.24) is 15.0 Å². The molecule has 4 atom stereocenters. The number of nitrogens with zero attached hydrogens (tertiary/aromatic N) is 3. The second-order valence-corrected chi connectivity index (χ2v) is 8.96. The van der Waals surface area contributed by atoms with Gasteiger partial charge in [-0.15, -0.1) is 0 Å². The van der Waals surface area contributed by atoms with E-state index in [0.717, 1.165) is 48.9 Å². The number of fused-ring (bicyclic) bond motifs is 2. The lowest BCUT2D eigenvalue weighted by molar-refractivity contribution is -0.129. The van der Waals surface area contributed by atoms with E-state index in [-0.39, 0.29) is 23.8 Å². The number of carbonyl (C=O) groups excluding carboxylic acids is 1. The first-order valence-corrected chi connectivity index (χ1v) is 11.2. The number of allylic oxidation sites excluding steroid dienone is 1. The topological polar surface area (TPSA) is 109 Å². The monoisotopic (exact) mass is 450 g/mol. The second-order valence-electron chi connectivity index (χ2n) is 8.55. The highest BCUT2D eigenvalue weighted by Crippen LogP contribution is 2.50. The Labute approximate surface area is 189 Å². The van der Waals surface area contributed by atoms with Gasteiger partial charge in [-0.2, -0.15) is 0 Å². The summed E-state index contributed by atoms with van der Waals surface area (Å²) in [6.45, 7) is 3.20. The van der Waals surface area contributed by atoms with Gasteiger partial charge in [-0.1, -0.05) is 35.9 Å². The number of imidazole rings is 1. The molecular weight excluding hydrogens is 428 g/mol. The van der Waals surface area contributed by atoms with E-state index in [1.54, 1.807) is 6.20 Å². The molecular formula is C23H23ClN6O2. The molecule has 8 nitrogen and oxygen atoms in total. The first kappa shape index (κ1) is 19.6. The number of benzene rings is 1. The molecule has 0 radical (unpaired) electrons. The van der Waals surface area contributed by atoms with Gasteiger partial charge in [0.1, 0.15) is 11.3 Å². The number of halogens is 1. The number of morpholine rings is 1. The fourth-order valence-electron chi connectivity index (χ4n) is 5.02. The van der Waals surface area contributed by atoms with E-state index in [4.69, 9.17) is 27.1 Å². The molecule has 3 aliphatic rings. The number of pyridine rings is 1. The van der Waals surface area contributed by atoms with Crippen LogP contribution >= 0.6 is 11.6 Å². The van der Waals surface area contributed by atoms with E-state index in [1.165, 1.54) is 0 Å². The number of nitrogens with two attached hydrogens (primary N) is 1. The van der Waals surface area contributed by atoms with Gasteiger partial charge >= 0.3 is 0 Å². The predicted octanol–water partition coefficient (Wildman–Crippen LogP) is 2.81. The normalized spacial score (nSPS) is 26.3. The molecule has 1 saturated heterocycles. The lowest BCUT2D eigenvalue weighted by Crippen LogP contribution is -2.61. The summed E-state index contributed by atoms with van der Waals surface area (Å²) in [7, 11) is 0. The summed E-state index contributed by atoms with van der Waals surface area (Å²) >= 11 is 6.51. The fraction of sp³-hybridized carbons (Fsp3) is 0.348. The molecule has 0 bridgehead atoms. The fourth-order valence-corrected chi connectivity index (χ4v) is 5.22. The number of rotatable bonds is 5. The molecule has 1 aliphatic heterocycles. The highest BCUT2D eigenvalue weighted by molar-refractivity contribution is 6.34. The van der Waals surface area contributed by atoms with Crippen molar-refractivity contribution in [2.45, 2.75) is 6.04 Å². The average molecular weight is 451 g/mol. The van der Waals surface area contributed by atoms with E-state index in [0.29, 0.717) is 22.3 Å². The number of amides is 1. The first-order chi connectivity index (χ1) is 15.6. The van der Waals surface area contributed by atoms with Gasteiger partial charge in [-0.05, 0) is 18.1 Å². The van der Waals surface area contributed by atoms with Gasteiger partial charge in [0, 0.05) is 36.3 Å². The van der Waals surface area contributed by atoms with Gasteiger partial charge < -0.3 is 25.7 Å². The van der Waals surface area contributed by atoms with Crippen LogP contribution in [0.1, 0.15) is 0 Å². The maximum Gasteiger partial charge on any atom is 0.223 e. The van der Waals surface area contributed by atoms with Crippen LogP contribution in [0, 0.1) is 17.8 Å². The Bertz CT molecular complexity index is 1230. The zero-order valence-electron chi connectivity index (χ0n) is 17.3. The van der Waals surface area contributed by atoms with Crippen LogP contribution in [0.15, 0.2) is 42.6 Å². The first-order valence-electron chi connectivity index (χ1n) is 10.8. The number of nitrogens with one attached hydrogen (secondary N) is 2. The summed E-state index contributed by atoms with van der Waals surface area (Å²) in [6.07, 6.45) is 5.76. The Hall–Kier alpha value is -3.10. The van der Waals surface area contributed by atoms with Crippen LogP contribution in [0.3, 0.4) is 0 Å². The number of aromatic amines is 1. The molecule has 32 heavy (non-hydrogen) atoms. The SMILES string of the molecule is NC(=O)[C@H]1C2C=C[C@@H]2[C@H]1Nc1c(Cl)cnc2nc(-c3cccc(N4CCOCC4)c3)[nH]c12. The molecule has 1 amide bonds. The van der Waals surface area contributed by atoms with Gasteiger partial charge in [0.2, 0.25) is 5.91 Å². The number of H-pyrrole nitrogens is 1. The highest BCUT2D eigenvalue weighted by atomic mass is 35.5. The number of aromatic nitrogens is 3. The number of hydrogen-bond acceptors (Lipinski definition) is 6. The number of primary amides is 1. The molecule has 2 aliphatic carbocycles. The van der Waals surface area contributed by atoms with Crippen molar-refractivity contribution in [3.8, 4) is 11.4 Å². The molecule has 164 valence electrons. The minimum Gasteiger partial charge on any atom is -0.378 e. The van der Waals surface area contributed by atoms with Crippen molar-refractivity contribution < 1.29 is 9.53 Å². The largest absolute Gasteiger partial charge is 0.378 e. The lowest BCUT2D eigenvalue weighted by atomic mass is 9.54. The summed E-state index contributed by atoms with van der Waals surface area (Å²) in [4.78, 5) is 26.8. The minimum absolute atomic E-state index is 0.0815. The van der Waals surface area contributed by atoms with Gasteiger partial charge in [-0.3, -0.25) is 4.79 Å². The van der Waals surface area contributed by atoms with Crippen molar-refractivity contribution in [3.63, 3.8) is 0 Å². The van der Waals surface area contributed by atoms with E-state index in [9.17, 15) is 4.79 Å². The molecule has 3 heterocycles. The molecule has 1 saturated carbocycles. The second kappa shape index (κ2) is 7.50. The van der Waals surface area contributed by atoms with Crippen LogP contribution in [-0.4, -0.2) is 53.2 Å². The van der Waals surface area contributed by atoms with Crippen molar-refractivity contribution in [2.75, 3.05) is 36.5 Å². The van der Waals surface area contributed by atoms with Crippen molar-refractivity contribution in [3.05, 3.63) is 47.6 Å². The zero-order chi connectivity index (χ0) is 21.8. The molecule has 6 rings (SSSR count). The van der Waals surface area contributed by atoms with Gasteiger partial charge in [0.15, 0.2) is 5.65 Å². The molecule has 9 heteroatoms. The molecule has 1 unspecified atom stereocenters. The molecule has 1 aromatic carbocycles.